The van der Waals surface area contributed by atoms with Gasteiger partial charge in [-0.05, 0) is 31.0 Å². The number of amides is 1. The van der Waals surface area contributed by atoms with Crippen molar-refractivity contribution in [1.82, 2.24) is 30.4 Å². The number of carbonyl (C=O) groups is 3. The minimum atomic E-state index is -0.250. The van der Waals surface area contributed by atoms with Crippen LogP contribution in [0, 0.1) is 0 Å². The Morgan fingerprint density at radius 1 is 1.37 bits per heavy atom. The van der Waals surface area contributed by atoms with Gasteiger partial charge in [0.15, 0.2) is 0 Å². The van der Waals surface area contributed by atoms with Crippen molar-refractivity contribution in [2.45, 2.75) is 25.4 Å². The molecule has 2 aromatic heterocycles. The fourth-order valence-corrected chi connectivity index (χ4v) is 2.64. The molecule has 3 heterocycles. The number of carbonyl (C=O) groups excluding carboxylic acids is 1. The fraction of sp³-hybridized carbons (Fsp3) is 0.375. The number of likely N-dealkylation sites (tertiary alicyclic amines) is 1. The Labute approximate surface area is 155 Å². The second-order valence-corrected chi connectivity index (χ2v) is 5.45. The second-order valence-electron chi connectivity index (χ2n) is 5.45. The number of aromatic amines is 1. The van der Waals surface area contributed by atoms with Gasteiger partial charge in [0, 0.05) is 31.5 Å². The third-order valence-electron chi connectivity index (χ3n) is 3.60. The number of nitrogens with zero attached hydrogens (tertiary/aromatic N) is 4. The minimum Gasteiger partial charge on any atom is -0.483 e. The van der Waals surface area contributed by atoms with E-state index in [0.717, 1.165) is 32.5 Å². The molecular formula is C16H22N6O5. The van der Waals surface area contributed by atoms with Crippen molar-refractivity contribution in [2.24, 2.45) is 0 Å². The van der Waals surface area contributed by atoms with Crippen LogP contribution in [0.25, 0.3) is 0 Å². The summed E-state index contributed by atoms with van der Waals surface area (Å²) in [7, 11) is 0. The summed E-state index contributed by atoms with van der Waals surface area (Å²) in [4.78, 5) is 39.0. The maximum absolute atomic E-state index is 12.0. The van der Waals surface area contributed by atoms with Gasteiger partial charge in [-0.3, -0.25) is 29.4 Å². The van der Waals surface area contributed by atoms with Crippen LogP contribution in [-0.4, -0.2) is 73.3 Å². The van der Waals surface area contributed by atoms with Gasteiger partial charge in [0.1, 0.15) is 6.33 Å². The smallest absolute Gasteiger partial charge is 0.290 e. The lowest BCUT2D eigenvalue weighted by Crippen LogP contribution is -2.47. The summed E-state index contributed by atoms with van der Waals surface area (Å²) in [6.07, 6.45) is 7.06. The first-order chi connectivity index (χ1) is 13.1. The number of pyridine rings is 1. The topological polar surface area (TPSA) is 161 Å². The van der Waals surface area contributed by atoms with Crippen LogP contribution in [0.3, 0.4) is 0 Å². The number of piperidine rings is 1. The summed E-state index contributed by atoms with van der Waals surface area (Å²) in [5.74, 6) is 0.0695. The molecule has 1 saturated heterocycles. The molecule has 11 nitrogen and oxygen atoms in total. The van der Waals surface area contributed by atoms with E-state index >= 15 is 0 Å². The fourth-order valence-electron chi connectivity index (χ4n) is 2.64. The Morgan fingerprint density at radius 3 is 2.70 bits per heavy atom. The molecule has 0 radical (unpaired) electrons. The van der Waals surface area contributed by atoms with E-state index in [1.807, 2.05) is 12.3 Å². The Morgan fingerprint density at radius 2 is 2.11 bits per heavy atom. The molecule has 4 N–H and O–H groups in total. The van der Waals surface area contributed by atoms with Gasteiger partial charge in [-0.15, -0.1) is 0 Å². The number of aromatic nitrogens is 4. The molecule has 1 fully saturated rings. The molecule has 0 spiro atoms. The number of hydrogen-bond acceptors (Lipinski definition) is 7. The molecule has 0 saturated carbocycles. The van der Waals surface area contributed by atoms with Crippen LogP contribution >= 0.6 is 0 Å². The summed E-state index contributed by atoms with van der Waals surface area (Å²) in [6, 6.07) is 4.17. The largest absolute Gasteiger partial charge is 0.483 e. The molecule has 1 unspecified atom stereocenters. The Bertz CT molecular complexity index is 661. The van der Waals surface area contributed by atoms with Crippen molar-refractivity contribution in [1.29, 1.82) is 0 Å². The van der Waals surface area contributed by atoms with Gasteiger partial charge in [0.25, 0.3) is 18.9 Å². The molecule has 0 bridgehead atoms. The summed E-state index contributed by atoms with van der Waals surface area (Å²) in [5.41, 5.74) is 1.19. The van der Waals surface area contributed by atoms with Crippen molar-refractivity contribution in [3.63, 3.8) is 0 Å². The molecule has 27 heavy (non-hydrogen) atoms. The highest BCUT2D eigenvalue weighted by Gasteiger charge is 2.22. The maximum atomic E-state index is 12.0. The lowest BCUT2D eigenvalue weighted by molar-refractivity contribution is -0.123. The first kappa shape index (κ1) is 21.7. The third-order valence-corrected chi connectivity index (χ3v) is 3.60. The predicted molar refractivity (Wildman–Crippen MR) is 93.8 cm³/mol. The standard InChI is InChI=1S/C14H18N6O.2CH2O2/c21-14(13-16-10-17-19-13)18-12-4-2-6-20(9-12)8-11-3-1-5-15-7-11;2*2-1-3/h1,3,5,7,10,12H,2,4,6,8-9H2,(H,18,21)(H,16,17,19);2*1H,(H,2,3). The normalized spacial score (nSPS) is 15.9. The molecule has 0 aliphatic carbocycles. The first-order valence-electron chi connectivity index (χ1n) is 8.07. The van der Waals surface area contributed by atoms with Crippen LogP contribution in [0.15, 0.2) is 30.9 Å². The molecule has 1 amide bonds. The van der Waals surface area contributed by atoms with Gasteiger partial charge in [-0.25, -0.2) is 4.98 Å². The van der Waals surface area contributed by atoms with E-state index in [2.05, 4.69) is 36.4 Å². The van der Waals surface area contributed by atoms with E-state index in [1.165, 1.54) is 11.9 Å². The molecule has 0 aromatic carbocycles. The lowest BCUT2D eigenvalue weighted by atomic mass is 10.0. The number of nitrogens with one attached hydrogen (secondary N) is 2. The van der Waals surface area contributed by atoms with Crippen LogP contribution in [0.5, 0.6) is 0 Å². The molecular weight excluding hydrogens is 356 g/mol. The Hall–Kier alpha value is -3.34. The van der Waals surface area contributed by atoms with E-state index in [4.69, 9.17) is 19.8 Å². The van der Waals surface area contributed by atoms with E-state index in [0.29, 0.717) is 0 Å². The van der Waals surface area contributed by atoms with Crippen LogP contribution in [-0.2, 0) is 16.1 Å². The Balaban J connectivity index is 0.000000540. The molecule has 3 rings (SSSR count). The zero-order valence-electron chi connectivity index (χ0n) is 14.6. The molecule has 2 aromatic rings. The highest BCUT2D eigenvalue weighted by Crippen LogP contribution is 2.13. The van der Waals surface area contributed by atoms with Crippen LogP contribution < -0.4 is 5.32 Å². The van der Waals surface area contributed by atoms with E-state index in [1.54, 1.807) is 6.20 Å². The third kappa shape index (κ3) is 8.54. The number of carboxylic acid groups (broad SMARTS) is 2. The highest BCUT2D eigenvalue weighted by atomic mass is 16.3. The zero-order valence-corrected chi connectivity index (χ0v) is 14.6. The molecule has 11 heteroatoms. The van der Waals surface area contributed by atoms with Crippen LogP contribution in [0.1, 0.15) is 29.0 Å². The first-order valence-corrected chi connectivity index (χ1v) is 8.07. The number of H-pyrrole nitrogens is 1. The van der Waals surface area contributed by atoms with Crippen LogP contribution in [0.4, 0.5) is 0 Å². The van der Waals surface area contributed by atoms with Crippen molar-refractivity contribution in [3.05, 3.63) is 42.2 Å². The molecule has 1 aliphatic heterocycles. The summed E-state index contributed by atoms with van der Waals surface area (Å²) >= 11 is 0. The van der Waals surface area contributed by atoms with Gasteiger partial charge in [-0.1, -0.05) is 6.07 Å². The highest BCUT2D eigenvalue weighted by molar-refractivity contribution is 5.90. The van der Waals surface area contributed by atoms with E-state index < -0.39 is 0 Å². The van der Waals surface area contributed by atoms with Gasteiger partial charge in [0.2, 0.25) is 5.82 Å². The van der Waals surface area contributed by atoms with Crippen molar-refractivity contribution in [3.8, 4) is 0 Å². The molecule has 146 valence electrons. The summed E-state index contributed by atoms with van der Waals surface area (Å²) < 4.78 is 0. The quantitative estimate of drug-likeness (QED) is 0.536. The average molecular weight is 378 g/mol. The minimum absolute atomic E-state index is 0.146. The van der Waals surface area contributed by atoms with Crippen molar-refractivity contribution >= 4 is 18.9 Å². The van der Waals surface area contributed by atoms with E-state index in [-0.39, 0.29) is 30.7 Å². The average Bonchev–Trinajstić information content (AvgIpc) is 3.19. The second kappa shape index (κ2) is 12.9. The van der Waals surface area contributed by atoms with Gasteiger partial charge in [0.05, 0.1) is 0 Å². The number of hydrogen-bond donors (Lipinski definition) is 4. The molecule has 1 atom stereocenters. The monoisotopic (exact) mass is 378 g/mol. The maximum Gasteiger partial charge on any atom is 0.290 e. The zero-order chi connectivity index (χ0) is 19.9. The SMILES string of the molecule is O=C(NC1CCCN(Cc2cccnc2)C1)c1ncn[nH]1.O=CO.O=CO. The number of rotatable bonds is 4. The van der Waals surface area contributed by atoms with Gasteiger partial charge < -0.3 is 15.5 Å². The summed E-state index contributed by atoms with van der Waals surface area (Å²) in [6.45, 7) is 2.25. The van der Waals surface area contributed by atoms with Gasteiger partial charge in [-0.2, -0.15) is 5.10 Å². The summed E-state index contributed by atoms with van der Waals surface area (Å²) in [5, 5.41) is 23.1. The predicted octanol–water partition coefficient (Wildman–Crippen LogP) is -0.00430. The van der Waals surface area contributed by atoms with Gasteiger partial charge >= 0.3 is 0 Å². The lowest BCUT2D eigenvalue weighted by Gasteiger charge is -2.32. The van der Waals surface area contributed by atoms with Crippen molar-refractivity contribution in [2.75, 3.05) is 13.1 Å². The molecule has 1 aliphatic rings. The van der Waals surface area contributed by atoms with E-state index in [9.17, 15) is 4.79 Å². The van der Waals surface area contributed by atoms with Crippen molar-refractivity contribution < 1.29 is 24.6 Å². The van der Waals surface area contributed by atoms with Crippen LogP contribution in [0.2, 0.25) is 0 Å². The Kier molecular flexibility index (Phi) is 10.4.